The number of hydrogen-bond donors (Lipinski definition) is 15. The molecule has 0 saturated carbocycles. The number of halogens is 3. The number of primary amides is 1. The van der Waals surface area contributed by atoms with E-state index in [0.29, 0.717) is 69.3 Å². The van der Waals surface area contributed by atoms with Crippen LogP contribution in [0.4, 0.5) is 13.2 Å². The Labute approximate surface area is 797 Å². The topological polar surface area (TPSA) is 529 Å². The van der Waals surface area contributed by atoms with Crippen LogP contribution in [-0.4, -0.2) is 272 Å². The predicted molar refractivity (Wildman–Crippen MR) is 505 cm³/mol. The number of phenolic OH excluding ortho intramolecular Hbond substituents is 1. The first-order chi connectivity index (χ1) is 65.5. The van der Waals surface area contributed by atoms with Crippen molar-refractivity contribution in [3.63, 3.8) is 0 Å². The number of carbonyl (C=O) groups excluding carboxylic acids is 15. The third-order valence-electron chi connectivity index (χ3n) is 25.1. The van der Waals surface area contributed by atoms with Crippen molar-refractivity contribution in [1.29, 1.82) is 0 Å². The summed E-state index contributed by atoms with van der Waals surface area (Å²) in [6, 6.07) is 17.3. The second kappa shape index (κ2) is 50.6. The minimum Gasteiger partial charge on any atom is -0.508 e. The van der Waals surface area contributed by atoms with Crippen LogP contribution in [0.25, 0.3) is 10.9 Å². The monoisotopic (exact) mass is 1910 g/mol. The van der Waals surface area contributed by atoms with Crippen molar-refractivity contribution in [3.05, 3.63) is 208 Å². The molecule has 0 bridgehead atoms. The first-order valence-corrected chi connectivity index (χ1v) is 47.3. The zero-order chi connectivity index (χ0) is 99.4. The summed E-state index contributed by atoms with van der Waals surface area (Å²) >= 11 is 0.718. The van der Waals surface area contributed by atoms with Gasteiger partial charge in [0.05, 0.1) is 17.9 Å². The number of thioether (sulfide) groups is 1. The molecule has 6 aromatic carbocycles. The molecule has 39 heteroatoms. The molecule has 19 N–H and O–H groups in total. The maximum atomic E-state index is 15.9. The van der Waals surface area contributed by atoms with E-state index in [4.69, 9.17) is 22.9 Å². The number of nitrogens with one attached hydrogen (secondary N) is 9. The maximum absolute atomic E-state index is 15.9. The molecule has 0 radical (unpaired) electrons. The summed E-state index contributed by atoms with van der Waals surface area (Å²) in [6.45, 7) is 4.28. The van der Waals surface area contributed by atoms with Crippen molar-refractivity contribution in [3.8, 4) is 5.75 Å². The van der Waals surface area contributed by atoms with E-state index < -0.39 is 247 Å². The fraction of sp³-hybridized carbons (Fsp3) is 0.459. The smallest absolute Gasteiger partial charge is 0.246 e. The molecule has 35 nitrogen and oxygen atoms in total. The molecule has 3 fully saturated rings. The molecule has 4 heterocycles. The molecule has 0 aliphatic carbocycles. The number of nitrogens with two attached hydrogens (primary N) is 4. The van der Waals surface area contributed by atoms with E-state index in [1.54, 1.807) is 129 Å². The zero-order valence-electron chi connectivity index (χ0n) is 77.7. The van der Waals surface area contributed by atoms with E-state index in [1.807, 2.05) is 6.92 Å². The highest BCUT2D eigenvalue weighted by Gasteiger charge is 2.47. The number of aliphatic hydroxyl groups is 1. The number of aliphatic hydroxyl groups excluding tert-OH is 1. The number of phenols is 1. The van der Waals surface area contributed by atoms with Crippen molar-refractivity contribution >= 4 is 111 Å². The number of benzene rings is 6. The lowest BCUT2D eigenvalue weighted by molar-refractivity contribution is -0.152. The number of nitrogens with zero attached hydrogens (tertiary/aromatic N) is 5. The number of aromatic hydroxyl groups is 1. The molecule has 3 aliphatic rings. The number of amides is 14. The second-order valence-electron chi connectivity index (χ2n) is 35.4. The van der Waals surface area contributed by atoms with Gasteiger partial charge in [-0.25, -0.2) is 13.2 Å². The van der Waals surface area contributed by atoms with E-state index >= 15 is 56.7 Å². The van der Waals surface area contributed by atoms with Gasteiger partial charge in [0.15, 0.2) is 23.2 Å². The van der Waals surface area contributed by atoms with Gasteiger partial charge >= 0.3 is 0 Å². The summed E-state index contributed by atoms with van der Waals surface area (Å²) < 4.78 is 45.2. The molecule has 0 spiro atoms. The molecule has 14 atom stereocenters. The summed E-state index contributed by atoms with van der Waals surface area (Å²) in [5.41, 5.74) is 27.2. The van der Waals surface area contributed by atoms with E-state index in [0.717, 1.165) is 31.4 Å². The van der Waals surface area contributed by atoms with Crippen LogP contribution >= 0.6 is 11.8 Å². The number of ketones is 1. The maximum Gasteiger partial charge on any atom is 0.246 e. The lowest BCUT2D eigenvalue weighted by Gasteiger charge is -2.38. The van der Waals surface area contributed by atoms with Gasteiger partial charge in [-0.3, -0.25) is 71.9 Å². The molecule has 3 saturated heterocycles. The van der Waals surface area contributed by atoms with Gasteiger partial charge in [-0.05, 0) is 120 Å². The van der Waals surface area contributed by atoms with Gasteiger partial charge < -0.3 is 105 Å². The van der Waals surface area contributed by atoms with Crippen LogP contribution in [-0.2, 0) is 117 Å². The van der Waals surface area contributed by atoms with Crippen LogP contribution in [0.3, 0.4) is 0 Å². The summed E-state index contributed by atoms with van der Waals surface area (Å²) in [7, 11) is 3.90. The minimum atomic E-state index is -1.85. The quantitative estimate of drug-likeness (QED) is 0.0273. The average molecular weight is 1920 g/mol. The lowest BCUT2D eigenvalue weighted by Crippen LogP contribution is -2.62. The van der Waals surface area contributed by atoms with Crippen molar-refractivity contribution in [1.82, 2.24) is 72.0 Å². The van der Waals surface area contributed by atoms with E-state index in [2.05, 4.69) is 47.5 Å². The molecular formula is C98H125F3N18O17S. The fourth-order valence-electron chi connectivity index (χ4n) is 17.2. The minimum absolute atomic E-state index is 0.0101. The van der Waals surface area contributed by atoms with E-state index in [-0.39, 0.29) is 102 Å². The summed E-state index contributed by atoms with van der Waals surface area (Å²) in [6.07, 6.45) is -1.94. The predicted octanol–water partition coefficient (Wildman–Crippen LogP) is 2.33. The average Bonchev–Trinajstić information content (AvgIpc) is 1.63. The van der Waals surface area contributed by atoms with E-state index in [9.17, 15) is 38.6 Å². The number of rotatable bonds is 26. The van der Waals surface area contributed by atoms with Crippen molar-refractivity contribution in [2.24, 2.45) is 28.9 Å². The molecule has 137 heavy (non-hydrogen) atoms. The van der Waals surface area contributed by atoms with Crippen LogP contribution in [0.1, 0.15) is 130 Å². The Morgan fingerprint density at radius 2 is 1.02 bits per heavy atom. The highest BCUT2D eigenvalue weighted by atomic mass is 32.2. The molecule has 3 aliphatic heterocycles. The third-order valence-corrected chi connectivity index (χ3v) is 26.1. The summed E-state index contributed by atoms with van der Waals surface area (Å²) in [5.74, 6) is -20.8. The number of fused-ring (bicyclic) bond motifs is 3. The first kappa shape index (κ1) is 106. The zero-order valence-corrected chi connectivity index (χ0v) is 78.5. The Morgan fingerprint density at radius 3 is 1.64 bits per heavy atom. The molecule has 14 amide bonds. The number of likely N-dealkylation sites (N-methyl/N-ethyl adjacent to an activating group) is 3. The van der Waals surface area contributed by atoms with Crippen LogP contribution < -0.4 is 65.5 Å². The second-order valence-corrected chi connectivity index (χ2v) is 36.5. The van der Waals surface area contributed by atoms with Gasteiger partial charge in [0.1, 0.15) is 78.3 Å². The number of para-hydroxylation sites is 1. The Kier molecular flexibility index (Phi) is 39.2. The van der Waals surface area contributed by atoms with Gasteiger partial charge in [0.2, 0.25) is 82.7 Å². The molecule has 10 rings (SSSR count). The first-order valence-electron chi connectivity index (χ1n) is 46.1. The van der Waals surface area contributed by atoms with Crippen molar-refractivity contribution < 1.29 is 95.3 Å². The number of carbonyl (C=O) groups is 15. The standard InChI is InChI=1S/C98H125F3N18O17S/c1-7-8-27-78-97(135)118-40-19-28-77(118)91(129)112-75(51-104)90(128)114-86(56(2)3)98(136)116(5)79(46-57-20-11-9-12-21-57)92(130)111-74(44-59-29-31-61(50-103)32-30-59)95(133)119-53-65(121)49-80(119)93(131)110-72(48-63-52-106-69-25-16-15-24-66(63)69)89(127)109-71(43-60-33-35-64(120)36-34-60)88(126)108-70(26-17-18-39-102)87(125)113-76(82(122)37-38-83(105)123)54-137-55-84(124)107-73(45-62-41-67(99)85(101)68(100)42-62)94(132)117(6)81(96(134)115(78)4)47-58-22-13-10-14-23-58/h9-16,20-25,29-36,41-42,52,56,65,70-81,86,106,120-121H,7-8,17-19,26-28,37-40,43-51,53-55,102-104H2,1-6H3,(H2,105,123)(H,107,124)(H,108,126)(H,109,127)(H,110,131)(H,111,130)(H,112,129)(H,113,125)(H,114,128)/t65-,70-,71-,72-,73-,74-,75-,76-,77+,78-,79-,80+,81-,86-/m0/s1. The summed E-state index contributed by atoms with van der Waals surface area (Å²) in [5, 5.41) is 44.7. The van der Waals surface area contributed by atoms with Crippen molar-refractivity contribution in [2.75, 3.05) is 58.8 Å². The summed E-state index contributed by atoms with van der Waals surface area (Å²) in [4.78, 5) is 235. The Morgan fingerprint density at radius 1 is 0.496 bits per heavy atom. The van der Waals surface area contributed by atoms with Crippen LogP contribution in [0, 0.1) is 23.4 Å². The number of unbranched alkanes of at least 4 members (excludes halogenated alkanes) is 2. The van der Waals surface area contributed by atoms with Crippen LogP contribution in [0.5, 0.6) is 5.75 Å². The van der Waals surface area contributed by atoms with Gasteiger partial charge in [0, 0.05) is 128 Å². The fourth-order valence-corrected chi connectivity index (χ4v) is 18.1. The normalized spacial score (nSPS) is 23.8. The van der Waals surface area contributed by atoms with Crippen LogP contribution in [0.15, 0.2) is 152 Å². The molecule has 1 aromatic heterocycles. The Balaban J connectivity index is 1.06. The highest BCUT2D eigenvalue weighted by Crippen LogP contribution is 2.29. The van der Waals surface area contributed by atoms with Gasteiger partial charge in [-0.15, -0.1) is 11.8 Å². The Hall–Kier alpha value is -13.1. The Bertz CT molecular complexity index is 5390. The molecule has 7 aromatic rings. The molecular weight excluding hydrogens is 1790 g/mol. The molecule has 736 valence electrons. The van der Waals surface area contributed by atoms with Crippen molar-refractivity contribution in [2.45, 2.75) is 221 Å². The number of hydrogen-bond acceptors (Lipinski definition) is 21. The van der Waals surface area contributed by atoms with Gasteiger partial charge in [0.25, 0.3) is 0 Å². The third kappa shape index (κ3) is 29.0. The number of aromatic amines is 1. The largest absolute Gasteiger partial charge is 0.508 e. The van der Waals surface area contributed by atoms with E-state index in [1.165, 1.54) is 50.3 Å². The number of H-pyrrole nitrogens is 1. The molecule has 0 unspecified atom stereocenters. The van der Waals surface area contributed by atoms with Gasteiger partial charge in [-0.1, -0.05) is 149 Å². The lowest BCUT2D eigenvalue weighted by atomic mass is 9.98. The number of aromatic nitrogens is 1. The highest BCUT2D eigenvalue weighted by molar-refractivity contribution is 8.00. The number of Topliss-reactive ketones (excluding diaryl/α,β-unsaturated/α-hetero) is 1. The van der Waals surface area contributed by atoms with Crippen LogP contribution in [0.2, 0.25) is 0 Å². The SMILES string of the molecule is CCCC[C@H]1C(=O)N2CCC[C@@H]2C(=O)N[C@@H](CN)C(=O)N[C@@H](C(C)C)C(=O)N(C)[C@@H](Cc2ccccc2)C(=O)N[C@@H](Cc2ccc(CN)cc2)C(=O)N2C[C@@H](O)C[C@@H]2C(=O)N[C@@H](Cc2c[nH]c3ccccc23)C(=O)N[C@@H](Cc2ccc(O)cc2)C(=O)N[C@@H](CCCCN)C(=O)N[C@H](C(=O)CCC(N)=O)CSCC(=O)N[C@@H](Cc2cc(F)c(F)c(F)c2)C(=O)N(C)[C@@H](Cc2ccccc2)C(=O)N1C. The van der Waals surface area contributed by atoms with Gasteiger partial charge in [-0.2, -0.15) is 0 Å².